The van der Waals surface area contributed by atoms with Crippen LogP contribution in [-0.4, -0.2) is 22.5 Å². The van der Waals surface area contributed by atoms with Gasteiger partial charge in [0.25, 0.3) is 0 Å². The van der Waals surface area contributed by atoms with Crippen molar-refractivity contribution in [3.8, 4) is 0 Å². The fourth-order valence-corrected chi connectivity index (χ4v) is 0.583. The van der Waals surface area contributed by atoms with Gasteiger partial charge in [-0.15, -0.1) is 0 Å². The molecular weight excluding hydrogens is 172 g/mol. The van der Waals surface area contributed by atoms with Crippen LogP contribution in [0.1, 0.15) is 5.82 Å². The normalized spacial score (nSPS) is 11.3. The molecule has 0 aliphatic heterocycles. The van der Waals surface area contributed by atoms with Gasteiger partial charge in [-0.2, -0.15) is 13.2 Å². The summed E-state index contributed by atoms with van der Waals surface area (Å²) in [6.07, 6.45) is -2.64. The molecule has 1 aromatic heterocycles. The first kappa shape index (κ1) is 8.99. The topological polar surface area (TPSA) is 46.0 Å². The molecule has 0 fully saturated rings. The third kappa shape index (κ3) is 1.94. The number of hydrogen-bond donors (Lipinski definition) is 1. The maximum Gasteiger partial charge on any atom is 0.451 e. The second-order valence-corrected chi connectivity index (χ2v) is 2.07. The number of alkyl halides is 3. The summed E-state index contributed by atoms with van der Waals surface area (Å²) in [7, 11) is -0.363. The van der Waals surface area contributed by atoms with Crippen molar-refractivity contribution < 1.29 is 18.2 Å². The highest BCUT2D eigenvalue weighted by Crippen LogP contribution is 2.24. The smallest absolute Gasteiger partial charge is 0.449 e. The van der Waals surface area contributed by atoms with Crippen LogP contribution >= 0.6 is 0 Å². The molecule has 0 unspecified atom stereocenters. The molecule has 1 N–H and O–H groups in total. The fraction of sp³-hybridized carbons (Fsp3) is 0.200. The highest BCUT2D eigenvalue weighted by molar-refractivity contribution is 6.45. The second-order valence-electron chi connectivity index (χ2n) is 2.07. The first-order chi connectivity index (χ1) is 5.54. The van der Waals surface area contributed by atoms with Crippen molar-refractivity contribution in [1.29, 1.82) is 0 Å². The first-order valence-corrected chi connectivity index (χ1v) is 3.03. The van der Waals surface area contributed by atoms with Crippen molar-refractivity contribution in [1.82, 2.24) is 9.97 Å². The lowest BCUT2D eigenvalue weighted by molar-refractivity contribution is -0.144. The van der Waals surface area contributed by atoms with Crippen LogP contribution in [-0.2, 0) is 6.18 Å². The van der Waals surface area contributed by atoms with E-state index in [1.54, 1.807) is 0 Å². The third-order valence-electron chi connectivity index (χ3n) is 1.14. The number of halogens is 3. The Balaban J connectivity index is 2.93. The second kappa shape index (κ2) is 3.10. The summed E-state index contributed by atoms with van der Waals surface area (Å²) in [5.41, 5.74) is 0.253. The van der Waals surface area contributed by atoms with Crippen LogP contribution < -0.4 is 5.46 Å². The quantitative estimate of drug-likeness (QED) is 0.584. The van der Waals surface area contributed by atoms with E-state index in [1.165, 1.54) is 0 Å². The molecule has 1 heterocycles. The molecule has 64 valence electrons. The molecule has 3 nitrogen and oxygen atoms in total. The summed E-state index contributed by atoms with van der Waals surface area (Å²) in [6, 6.07) is 0. The zero-order valence-electron chi connectivity index (χ0n) is 5.84. The van der Waals surface area contributed by atoms with Gasteiger partial charge < -0.3 is 5.02 Å². The van der Waals surface area contributed by atoms with Crippen LogP contribution in [0.15, 0.2) is 12.4 Å². The molecule has 7 heteroatoms. The van der Waals surface area contributed by atoms with Crippen molar-refractivity contribution >= 4 is 12.9 Å². The molecule has 0 atom stereocenters. The molecule has 0 amide bonds. The number of hydrogen-bond acceptors (Lipinski definition) is 3. The molecule has 1 rings (SSSR count). The molecule has 0 spiro atoms. The van der Waals surface area contributed by atoms with Gasteiger partial charge >= 0.3 is 13.7 Å². The average molecular weight is 176 g/mol. The number of aromatic nitrogens is 2. The van der Waals surface area contributed by atoms with Crippen molar-refractivity contribution in [2.45, 2.75) is 6.18 Å². The molecule has 0 bridgehead atoms. The maximum atomic E-state index is 11.8. The fourth-order valence-electron chi connectivity index (χ4n) is 0.583. The summed E-state index contributed by atoms with van der Waals surface area (Å²) in [5, 5.41) is 8.47. The number of rotatable bonds is 1. The molecule has 12 heavy (non-hydrogen) atoms. The monoisotopic (exact) mass is 176 g/mol. The zero-order valence-corrected chi connectivity index (χ0v) is 5.84. The molecule has 0 radical (unpaired) electrons. The van der Waals surface area contributed by atoms with Crippen LogP contribution in [0.25, 0.3) is 0 Å². The summed E-state index contributed by atoms with van der Waals surface area (Å²) >= 11 is 0. The molecule has 0 aliphatic rings. The molecule has 0 saturated carbocycles. The largest absolute Gasteiger partial charge is 0.451 e. The van der Waals surface area contributed by atoms with Gasteiger partial charge in [0.2, 0.25) is 5.82 Å². The summed E-state index contributed by atoms with van der Waals surface area (Å²) in [5.74, 6) is -1.19. The Labute approximate surface area is 66.5 Å². The van der Waals surface area contributed by atoms with Gasteiger partial charge in [0, 0.05) is 12.4 Å². The minimum atomic E-state index is -4.52. The van der Waals surface area contributed by atoms with E-state index in [2.05, 4.69) is 9.97 Å². The Morgan fingerprint density at radius 1 is 1.25 bits per heavy atom. The lowest BCUT2D eigenvalue weighted by Crippen LogP contribution is -2.19. The Morgan fingerprint density at radius 2 is 1.75 bits per heavy atom. The minimum Gasteiger partial charge on any atom is -0.449 e. The molecule has 1 aromatic rings. The van der Waals surface area contributed by atoms with Crippen LogP contribution in [0.2, 0.25) is 0 Å². The van der Waals surface area contributed by atoms with Gasteiger partial charge in [0.05, 0.1) is 0 Å². The minimum absolute atomic E-state index is 0.253. The SMILES string of the molecule is OBc1cnc(C(F)(F)F)nc1. The van der Waals surface area contributed by atoms with Gasteiger partial charge in [-0.3, -0.25) is 0 Å². The first-order valence-electron chi connectivity index (χ1n) is 3.03. The molecule has 0 saturated heterocycles. The van der Waals surface area contributed by atoms with Crippen LogP contribution in [0.5, 0.6) is 0 Å². The van der Waals surface area contributed by atoms with E-state index in [0.717, 1.165) is 12.4 Å². The van der Waals surface area contributed by atoms with E-state index >= 15 is 0 Å². The molecular formula is C5H4BF3N2O. The van der Waals surface area contributed by atoms with Crippen molar-refractivity contribution in [2.75, 3.05) is 0 Å². The van der Waals surface area contributed by atoms with Crippen molar-refractivity contribution in [3.05, 3.63) is 18.2 Å². The summed E-state index contributed by atoms with van der Waals surface area (Å²) < 4.78 is 35.5. The molecule has 0 aromatic carbocycles. The predicted octanol–water partition coefficient (Wildman–Crippen LogP) is -0.536. The van der Waals surface area contributed by atoms with E-state index in [9.17, 15) is 13.2 Å². The third-order valence-corrected chi connectivity index (χ3v) is 1.14. The predicted molar refractivity (Wildman–Crippen MR) is 36.0 cm³/mol. The summed E-state index contributed by atoms with van der Waals surface area (Å²) in [4.78, 5) is 6.05. The highest BCUT2D eigenvalue weighted by atomic mass is 19.4. The van der Waals surface area contributed by atoms with E-state index in [4.69, 9.17) is 5.02 Å². The van der Waals surface area contributed by atoms with Gasteiger partial charge in [-0.05, 0) is 5.46 Å². The van der Waals surface area contributed by atoms with Crippen LogP contribution in [0.3, 0.4) is 0 Å². The van der Waals surface area contributed by atoms with Crippen molar-refractivity contribution in [3.63, 3.8) is 0 Å². The Morgan fingerprint density at radius 3 is 2.08 bits per heavy atom. The zero-order chi connectivity index (χ0) is 9.19. The van der Waals surface area contributed by atoms with Gasteiger partial charge in [-0.25, -0.2) is 9.97 Å². The summed E-state index contributed by atoms with van der Waals surface area (Å²) in [6.45, 7) is 0. The molecule has 0 aliphatic carbocycles. The highest BCUT2D eigenvalue weighted by Gasteiger charge is 2.34. The maximum absolute atomic E-state index is 11.8. The Hall–Kier alpha value is -1.11. The van der Waals surface area contributed by atoms with E-state index < -0.39 is 12.0 Å². The van der Waals surface area contributed by atoms with E-state index in [-0.39, 0.29) is 12.9 Å². The Kier molecular flexibility index (Phi) is 2.32. The van der Waals surface area contributed by atoms with Crippen molar-refractivity contribution in [2.24, 2.45) is 0 Å². The Bertz CT molecular complexity index is 260. The standard InChI is InChI=1S/C5H4BF3N2O/c7-5(8,9)4-10-1-3(6-12)2-11-4/h1-2,6,12H. The van der Waals surface area contributed by atoms with E-state index in [0.29, 0.717) is 0 Å². The van der Waals surface area contributed by atoms with Gasteiger partial charge in [0.15, 0.2) is 0 Å². The van der Waals surface area contributed by atoms with Crippen LogP contribution in [0, 0.1) is 0 Å². The average Bonchev–Trinajstić information content (AvgIpc) is 2.03. The van der Waals surface area contributed by atoms with E-state index in [1.807, 2.05) is 0 Å². The number of nitrogens with zero attached hydrogens (tertiary/aromatic N) is 2. The lowest BCUT2D eigenvalue weighted by Gasteiger charge is -2.03. The van der Waals surface area contributed by atoms with Gasteiger partial charge in [0.1, 0.15) is 0 Å². The van der Waals surface area contributed by atoms with Crippen LogP contribution in [0.4, 0.5) is 13.2 Å². The van der Waals surface area contributed by atoms with Gasteiger partial charge in [-0.1, -0.05) is 0 Å². The lowest BCUT2D eigenvalue weighted by atomic mass is 9.92.